The highest BCUT2D eigenvalue weighted by molar-refractivity contribution is 7.91. The molecule has 2 heterocycles. The van der Waals surface area contributed by atoms with Crippen LogP contribution in [0.25, 0.3) is 5.69 Å². The monoisotopic (exact) mass is 332 g/mol. The SMILES string of the molecule is Cc1ccc(C(=O)N(C)[C@H]2CCS(=O)(=O)C2)cc1-n1cccc1. The molecule has 3 rings (SSSR count). The van der Waals surface area contributed by atoms with Gasteiger partial charge in [-0.15, -0.1) is 0 Å². The number of amides is 1. The zero-order valence-corrected chi connectivity index (χ0v) is 14.1. The van der Waals surface area contributed by atoms with Crippen molar-refractivity contribution in [2.24, 2.45) is 0 Å². The zero-order valence-electron chi connectivity index (χ0n) is 13.3. The number of hydrogen-bond donors (Lipinski definition) is 0. The summed E-state index contributed by atoms with van der Waals surface area (Å²) in [5, 5.41) is 0. The molecule has 0 N–H and O–H groups in total. The first kappa shape index (κ1) is 15.8. The summed E-state index contributed by atoms with van der Waals surface area (Å²) in [7, 11) is -1.32. The number of benzene rings is 1. The Labute approximate surface area is 136 Å². The summed E-state index contributed by atoms with van der Waals surface area (Å²) in [5.41, 5.74) is 2.60. The fraction of sp³-hybridized carbons (Fsp3) is 0.353. The highest BCUT2D eigenvalue weighted by Gasteiger charge is 2.33. The summed E-state index contributed by atoms with van der Waals surface area (Å²) >= 11 is 0. The van der Waals surface area contributed by atoms with Crippen LogP contribution in [0, 0.1) is 6.92 Å². The molecule has 1 saturated heterocycles. The fourth-order valence-electron chi connectivity index (χ4n) is 2.97. The van der Waals surface area contributed by atoms with E-state index in [1.54, 1.807) is 18.0 Å². The van der Waals surface area contributed by atoms with Crippen LogP contribution >= 0.6 is 0 Å². The van der Waals surface area contributed by atoms with Crippen molar-refractivity contribution in [3.8, 4) is 5.69 Å². The van der Waals surface area contributed by atoms with Gasteiger partial charge in [0, 0.05) is 36.7 Å². The number of sulfone groups is 1. The van der Waals surface area contributed by atoms with Gasteiger partial charge in [-0.3, -0.25) is 4.79 Å². The Morgan fingerprint density at radius 3 is 2.57 bits per heavy atom. The van der Waals surface area contributed by atoms with E-state index in [0.29, 0.717) is 12.0 Å². The van der Waals surface area contributed by atoms with Crippen LogP contribution in [0.15, 0.2) is 42.7 Å². The molecule has 0 unspecified atom stereocenters. The summed E-state index contributed by atoms with van der Waals surface area (Å²) < 4.78 is 25.2. The lowest BCUT2D eigenvalue weighted by Crippen LogP contribution is -2.37. The molecule has 0 saturated carbocycles. The third kappa shape index (κ3) is 3.17. The van der Waals surface area contributed by atoms with Crippen molar-refractivity contribution >= 4 is 15.7 Å². The van der Waals surface area contributed by atoms with Crippen LogP contribution in [0.1, 0.15) is 22.3 Å². The Kier molecular flexibility index (Phi) is 4.02. The largest absolute Gasteiger partial charge is 0.338 e. The summed E-state index contributed by atoms with van der Waals surface area (Å²) in [4.78, 5) is 14.3. The van der Waals surface area contributed by atoms with Crippen LogP contribution in [0.4, 0.5) is 0 Å². The number of hydrogen-bond acceptors (Lipinski definition) is 3. The van der Waals surface area contributed by atoms with Gasteiger partial charge in [0.25, 0.3) is 5.91 Å². The molecule has 23 heavy (non-hydrogen) atoms. The second kappa shape index (κ2) is 5.85. The normalized spacial score (nSPS) is 19.7. The van der Waals surface area contributed by atoms with E-state index in [4.69, 9.17) is 0 Å². The van der Waals surface area contributed by atoms with Crippen molar-refractivity contribution in [3.63, 3.8) is 0 Å². The lowest BCUT2D eigenvalue weighted by molar-refractivity contribution is 0.0747. The van der Waals surface area contributed by atoms with E-state index < -0.39 is 9.84 Å². The molecule has 6 heteroatoms. The Balaban J connectivity index is 1.87. The highest BCUT2D eigenvalue weighted by Crippen LogP contribution is 2.21. The molecule has 1 aliphatic heterocycles. The van der Waals surface area contributed by atoms with E-state index in [1.807, 2.05) is 48.1 Å². The first-order valence-electron chi connectivity index (χ1n) is 7.59. The number of carbonyl (C=O) groups is 1. The third-order valence-corrected chi connectivity index (χ3v) is 6.17. The molecule has 2 aromatic rings. The quantitative estimate of drug-likeness (QED) is 0.864. The standard InChI is InChI=1S/C17H20N2O3S/c1-13-5-6-14(11-16(13)19-8-3-4-9-19)17(20)18(2)15-7-10-23(21,22)12-15/h3-6,8-9,11,15H,7,10,12H2,1-2H3/t15-/m0/s1. The Morgan fingerprint density at radius 2 is 1.96 bits per heavy atom. The number of rotatable bonds is 3. The van der Waals surface area contributed by atoms with Gasteiger partial charge in [-0.05, 0) is 43.2 Å². The van der Waals surface area contributed by atoms with Gasteiger partial charge in [0.15, 0.2) is 9.84 Å². The van der Waals surface area contributed by atoms with Gasteiger partial charge in [0.2, 0.25) is 0 Å². The molecule has 5 nitrogen and oxygen atoms in total. The topological polar surface area (TPSA) is 59.4 Å². The number of aromatic nitrogens is 1. The van der Waals surface area contributed by atoms with E-state index in [2.05, 4.69) is 0 Å². The van der Waals surface area contributed by atoms with Gasteiger partial charge in [0.05, 0.1) is 11.5 Å². The van der Waals surface area contributed by atoms with E-state index in [-0.39, 0.29) is 23.5 Å². The molecule has 1 atom stereocenters. The van der Waals surface area contributed by atoms with Gasteiger partial charge in [0.1, 0.15) is 0 Å². The maximum absolute atomic E-state index is 12.7. The second-order valence-electron chi connectivity index (χ2n) is 6.06. The minimum atomic E-state index is -3.00. The van der Waals surface area contributed by atoms with Crippen molar-refractivity contribution in [1.29, 1.82) is 0 Å². The molecular formula is C17H20N2O3S. The maximum atomic E-state index is 12.7. The third-order valence-electron chi connectivity index (χ3n) is 4.42. The van der Waals surface area contributed by atoms with E-state index in [9.17, 15) is 13.2 Å². The molecular weight excluding hydrogens is 312 g/mol. The maximum Gasteiger partial charge on any atom is 0.253 e. The molecule has 0 spiro atoms. The summed E-state index contributed by atoms with van der Waals surface area (Å²) in [6, 6.07) is 9.21. The number of carbonyl (C=O) groups excluding carboxylic acids is 1. The molecule has 1 aromatic carbocycles. The molecule has 0 radical (unpaired) electrons. The van der Waals surface area contributed by atoms with E-state index >= 15 is 0 Å². The summed E-state index contributed by atoms with van der Waals surface area (Å²) in [6.45, 7) is 2.00. The molecule has 1 aromatic heterocycles. The van der Waals surface area contributed by atoms with Gasteiger partial charge in [-0.25, -0.2) is 8.42 Å². The Hall–Kier alpha value is -2.08. The van der Waals surface area contributed by atoms with Gasteiger partial charge in [-0.1, -0.05) is 6.07 Å². The van der Waals surface area contributed by atoms with E-state index in [1.165, 1.54) is 0 Å². The minimum absolute atomic E-state index is 0.0611. The van der Waals surface area contributed by atoms with Crippen molar-refractivity contribution in [2.45, 2.75) is 19.4 Å². The molecule has 1 fully saturated rings. The van der Waals surface area contributed by atoms with Gasteiger partial charge >= 0.3 is 0 Å². The van der Waals surface area contributed by atoms with Crippen LogP contribution < -0.4 is 0 Å². The molecule has 1 aliphatic rings. The van der Waals surface area contributed by atoms with Crippen LogP contribution in [0.3, 0.4) is 0 Å². The fourth-order valence-corrected chi connectivity index (χ4v) is 4.74. The molecule has 0 bridgehead atoms. The van der Waals surface area contributed by atoms with Crippen LogP contribution in [0.5, 0.6) is 0 Å². The first-order valence-corrected chi connectivity index (χ1v) is 9.41. The average Bonchev–Trinajstić information content (AvgIpc) is 3.15. The molecule has 1 amide bonds. The molecule has 122 valence electrons. The molecule has 0 aliphatic carbocycles. The van der Waals surface area contributed by atoms with Crippen molar-refractivity contribution in [1.82, 2.24) is 9.47 Å². The van der Waals surface area contributed by atoms with Crippen LogP contribution in [0.2, 0.25) is 0 Å². The van der Waals surface area contributed by atoms with Crippen molar-refractivity contribution < 1.29 is 13.2 Å². The summed E-state index contributed by atoms with van der Waals surface area (Å²) in [5.74, 6) is 0.0871. The van der Waals surface area contributed by atoms with Crippen LogP contribution in [-0.2, 0) is 9.84 Å². The zero-order chi connectivity index (χ0) is 16.6. The predicted octanol–water partition coefficient (Wildman–Crippen LogP) is 2.04. The Morgan fingerprint density at radius 1 is 1.26 bits per heavy atom. The predicted molar refractivity (Wildman–Crippen MR) is 89.7 cm³/mol. The lowest BCUT2D eigenvalue weighted by Gasteiger charge is -2.24. The van der Waals surface area contributed by atoms with Crippen molar-refractivity contribution in [2.75, 3.05) is 18.6 Å². The lowest BCUT2D eigenvalue weighted by atomic mass is 10.1. The average molecular weight is 332 g/mol. The summed E-state index contributed by atoms with van der Waals surface area (Å²) in [6.07, 6.45) is 4.38. The van der Waals surface area contributed by atoms with Gasteiger partial charge in [-0.2, -0.15) is 0 Å². The smallest absolute Gasteiger partial charge is 0.253 e. The number of nitrogens with zero attached hydrogens (tertiary/aromatic N) is 2. The highest BCUT2D eigenvalue weighted by atomic mass is 32.2. The first-order chi connectivity index (χ1) is 10.9. The number of aryl methyl sites for hydroxylation is 1. The van der Waals surface area contributed by atoms with E-state index in [0.717, 1.165) is 11.3 Å². The van der Waals surface area contributed by atoms with Crippen molar-refractivity contribution in [3.05, 3.63) is 53.9 Å². The van der Waals surface area contributed by atoms with Crippen LogP contribution in [-0.4, -0.2) is 48.4 Å². The minimum Gasteiger partial charge on any atom is -0.338 e. The second-order valence-corrected chi connectivity index (χ2v) is 8.29. The van der Waals surface area contributed by atoms with Gasteiger partial charge < -0.3 is 9.47 Å². The Bertz CT molecular complexity index is 826.